The Hall–Kier alpha value is -1.52. The van der Waals surface area contributed by atoms with Crippen LogP contribution in [0, 0.1) is 0 Å². The van der Waals surface area contributed by atoms with Crippen LogP contribution >= 0.6 is 0 Å². The highest BCUT2D eigenvalue weighted by Gasteiger charge is 2.66. The number of hydrogen-bond acceptors (Lipinski definition) is 7. The van der Waals surface area contributed by atoms with E-state index in [1.165, 1.54) is 0 Å². The fourth-order valence-electron chi connectivity index (χ4n) is 2.74. The fourth-order valence-corrected chi connectivity index (χ4v) is 2.74. The van der Waals surface area contributed by atoms with Crippen molar-refractivity contribution in [3.05, 3.63) is 33.1 Å². The van der Waals surface area contributed by atoms with Gasteiger partial charge in [0.25, 0.3) is 5.56 Å². The van der Waals surface area contributed by atoms with Gasteiger partial charge in [-0.2, -0.15) is 0 Å². The van der Waals surface area contributed by atoms with Gasteiger partial charge < -0.3 is 24.8 Å². The number of ether oxygens (including phenoxy) is 2. The number of nitrogens with one attached hydrogen (secondary N) is 1. The summed E-state index contributed by atoms with van der Waals surface area (Å²) in [6, 6.07) is 1.08. The highest BCUT2D eigenvalue weighted by atomic mass is 16.7. The number of aliphatic hydroxyl groups excluding tert-OH is 2. The Morgan fingerprint density at radius 3 is 2.67 bits per heavy atom. The third kappa shape index (κ3) is 2.05. The van der Waals surface area contributed by atoms with Crippen LogP contribution in [0.5, 0.6) is 0 Å². The molecule has 1 aromatic heterocycles. The Bertz CT molecular complexity index is 627. The second-order valence-electron chi connectivity index (χ2n) is 4.80. The number of nitrogens with zero attached hydrogens (tertiary/aromatic N) is 1. The van der Waals surface area contributed by atoms with Gasteiger partial charge in [-0.3, -0.25) is 14.3 Å². The van der Waals surface area contributed by atoms with Crippen LogP contribution in [-0.4, -0.2) is 56.6 Å². The van der Waals surface area contributed by atoms with E-state index in [4.69, 9.17) is 9.47 Å². The molecule has 2 heterocycles. The van der Waals surface area contributed by atoms with Crippen LogP contribution in [-0.2, 0) is 15.2 Å². The monoisotopic (exact) mass is 302 g/mol. The molecule has 0 aromatic carbocycles. The zero-order chi connectivity index (χ0) is 15.8. The van der Waals surface area contributed by atoms with E-state index in [1.54, 1.807) is 6.92 Å². The molecule has 2 rings (SSSR count). The first kappa shape index (κ1) is 15.9. The lowest BCUT2D eigenvalue weighted by Crippen LogP contribution is -2.61. The van der Waals surface area contributed by atoms with Crippen LogP contribution in [0.4, 0.5) is 0 Å². The van der Waals surface area contributed by atoms with Crippen molar-refractivity contribution >= 4 is 0 Å². The molecule has 0 saturated carbocycles. The highest BCUT2D eigenvalue weighted by molar-refractivity contribution is 5.06. The average molecular weight is 302 g/mol. The minimum atomic E-state index is -2.27. The summed E-state index contributed by atoms with van der Waals surface area (Å²) in [6.07, 6.45) is -1.54. The maximum absolute atomic E-state index is 12.0. The summed E-state index contributed by atoms with van der Waals surface area (Å²) >= 11 is 0. The van der Waals surface area contributed by atoms with Crippen LogP contribution in [0.3, 0.4) is 0 Å². The molecule has 9 heteroatoms. The summed E-state index contributed by atoms with van der Waals surface area (Å²) in [4.78, 5) is 25.2. The normalized spacial score (nSPS) is 36.0. The molecular weight excluding hydrogens is 284 g/mol. The first-order chi connectivity index (χ1) is 9.86. The predicted molar refractivity (Wildman–Crippen MR) is 69.5 cm³/mol. The lowest BCUT2D eigenvalue weighted by molar-refractivity contribution is -0.315. The summed E-state index contributed by atoms with van der Waals surface area (Å²) < 4.78 is 11.5. The number of aromatic amines is 1. The summed E-state index contributed by atoms with van der Waals surface area (Å²) in [5, 5.41) is 30.1. The Morgan fingerprint density at radius 1 is 1.52 bits per heavy atom. The van der Waals surface area contributed by atoms with Crippen molar-refractivity contribution in [2.45, 2.75) is 37.1 Å². The second-order valence-corrected chi connectivity index (χ2v) is 4.80. The molecular formula is C12H18N2O7. The molecule has 1 aromatic rings. The Kier molecular flexibility index (Phi) is 4.04. The lowest BCUT2D eigenvalue weighted by Gasteiger charge is -2.40. The Morgan fingerprint density at radius 2 is 2.19 bits per heavy atom. The molecule has 1 fully saturated rings. The zero-order valence-electron chi connectivity index (χ0n) is 11.6. The van der Waals surface area contributed by atoms with Crippen molar-refractivity contribution in [2.75, 3.05) is 13.7 Å². The Labute approximate surface area is 119 Å². The van der Waals surface area contributed by atoms with Gasteiger partial charge in [0, 0.05) is 19.4 Å². The maximum atomic E-state index is 12.0. The number of rotatable bonds is 4. The molecule has 4 atom stereocenters. The molecule has 9 nitrogen and oxygen atoms in total. The van der Waals surface area contributed by atoms with E-state index in [9.17, 15) is 24.9 Å². The van der Waals surface area contributed by atoms with E-state index in [1.807, 2.05) is 4.98 Å². The Balaban J connectivity index is 2.69. The fraction of sp³-hybridized carbons (Fsp3) is 0.667. The average Bonchev–Trinajstić information content (AvgIpc) is 2.69. The molecule has 118 valence electrons. The molecule has 1 aliphatic heterocycles. The van der Waals surface area contributed by atoms with E-state index < -0.39 is 41.6 Å². The van der Waals surface area contributed by atoms with Crippen molar-refractivity contribution in [1.82, 2.24) is 9.55 Å². The molecule has 0 spiro atoms. The third-order valence-corrected chi connectivity index (χ3v) is 3.84. The second kappa shape index (κ2) is 5.35. The van der Waals surface area contributed by atoms with E-state index in [-0.39, 0.29) is 6.42 Å². The van der Waals surface area contributed by atoms with Crippen LogP contribution in [0.15, 0.2) is 21.9 Å². The van der Waals surface area contributed by atoms with Crippen molar-refractivity contribution < 1.29 is 24.8 Å². The van der Waals surface area contributed by atoms with Crippen molar-refractivity contribution in [3.63, 3.8) is 0 Å². The molecule has 0 aliphatic carbocycles. The van der Waals surface area contributed by atoms with Crippen molar-refractivity contribution in [3.8, 4) is 0 Å². The van der Waals surface area contributed by atoms with Gasteiger partial charge in [0.2, 0.25) is 11.5 Å². The van der Waals surface area contributed by atoms with E-state index in [0.717, 1.165) is 23.9 Å². The smallest absolute Gasteiger partial charge is 0.330 e. The SMILES string of the molecule is CC[C@@]1(n2ccc(=O)[nH]c2=O)O[C@H](CO)[C@@H](O)[C@]1(O)OC. The summed E-state index contributed by atoms with van der Waals surface area (Å²) in [6.45, 7) is 1.03. The summed E-state index contributed by atoms with van der Waals surface area (Å²) in [7, 11) is 1.15. The van der Waals surface area contributed by atoms with E-state index in [2.05, 4.69) is 0 Å². The summed E-state index contributed by atoms with van der Waals surface area (Å²) in [5.74, 6) is -2.27. The number of hydrogen-bond donors (Lipinski definition) is 4. The first-order valence-electron chi connectivity index (χ1n) is 6.43. The molecule has 1 saturated heterocycles. The minimum absolute atomic E-state index is 0.0385. The number of aromatic nitrogens is 2. The minimum Gasteiger partial charge on any atom is -0.394 e. The number of methoxy groups -OCH3 is 1. The van der Waals surface area contributed by atoms with Crippen molar-refractivity contribution in [1.29, 1.82) is 0 Å². The van der Waals surface area contributed by atoms with Gasteiger partial charge in [0.15, 0.2) is 0 Å². The van der Waals surface area contributed by atoms with E-state index >= 15 is 0 Å². The quantitative estimate of drug-likeness (QED) is 0.459. The van der Waals surface area contributed by atoms with Gasteiger partial charge in [-0.1, -0.05) is 6.92 Å². The molecule has 0 amide bonds. The maximum Gasteiger partial charge on any atom is 0.330 e. The molecule has 0 radical (unpaired) electrons. The van der Waals surface area contributed by atoms with Gasteiger partial charge >= 0.3 is 5.69 Å². The third-order valence-electron chi connectivity index (χ3n) is 3.84. The van der Waals surface area contributed by atoms with Gasteiger partial charge in [-0.25, -0.2) is 4.79 Å². The number of aliphatic hydroxyl groups is 3. The molecule has 0 unspecified atom stereocenters. The highest BCUT2D eigenvalue weighted by Crippen LogP contribution is 2.45. The lowest BCUT2D eigenvalue weighted by atomic mass is 9.95. The van der Waals surface area contributed by atoms with Gasteiger partial charge in [0.1, 0.15) is 12.2 Å². The predicted octanol–water partition coefficient (Wildman–Crippen LogP) is -2.31. The first-order valence-corrected chi connectivity index (χ1v) is 6.43. The molecule has 0 bridgehead atoms. The molecule has 4 N–H and O–H groups in total. The van der Waals surface area contributed by atoms with E-state index in [0.29, 0.717) is 0 Å². The summed E-state index contributed by atoms with van der Waals surface area (Å²) in [5.41, 5.74) is -3.22. The van der Waals surface area contributed by atoms with Gasteiger partial charge in [0.05, 0.1) is 6.61 Å². The van der Waals surface area contributed by atoms with Gasteiger partial charge in [-0.15, -0.1) is 0 Å². The molecule has 1 aliphatic rings. The standard InChI is InChI=1S/C12H18N2O7/c1-3-11(14-5-4-8(16)13-10(14)18)12(19,20-2)9(17)7(6-15)21-11/h4-5,7,9,15,17,19H,3,6H2,1-2H3,(H,13,16,18)/t7-,9-,11-,12+/m1/s1. The largest absolute Gasteiger partial charge is 0.394 e. The topological polar surface area (TPSA) is 134 Å². The van der Waals surface area contributed by atoms with Crippen LogP contribution in [0.2, 0.25) is 0 Å². The zero-order valence-corrected chi connectivity index (χ0v) is 11.6. The molecule has 21 heavy (non-hydrogen) atoms. The van der Waals surface area contributed by atoms with Crippen LogP contribution in [0.1, 0.15) is 13.3 Å². The van der Waals surface area contributed by atoms with Crippen molar-refractivity contribution in [2.24, 2.45) is 0 Å². The number of H-pyrrole nitrogens is 1. The van der Waals surface area contributed by atoms with Crippen LogP contribution in [0.25, 0.3) is 0 Å². The van der Waals surface area contributed by atoms with Crippen LogP contribution < -0.4 is 11.2 Å². The van der Waals surface area contributed by atoms with Gasteiger partial charge in [-0.05, 0) is 6.42 Å².